The van der Waals surface area contributed by atoms with Crippen LogP contribution in [0.2, 0.25) is 0 Å². The van der Waals surface area contributed by atoms with Gasteiger partial charge < -0.3 is 14.6 Å². The molecule has 20 heavy (non-hydrogen) atoms. The number of aromatic nitrogens is 2. The summed E-state index contributed by atoms with van der Waals surface area (Å²) in [5.74, 6) is 0.913. The smallest absolute Gasteiger partial charge is 0.119 e. The molecule has 0 aliphatic rings. The van der Waals surface area contributed by atoms with Gasteiger partial charge in [-0.3, -0.25) is 0 Å². The topological polar surface area (TPSA) is 39.1 Å². The van der Waals surface area contributed by atoms with E-state index in [4.69, 9.17) is 4.74 Å². The summed E-state index contributed by atoms with van der Waals surface area (Å²) >= 11 is 0. The molecule has 0 radical (unpaired) electrons. The number of hydrogen-bond acceptors (Lipinski definition) is 3. The van der Waals surface area contributed by atoms with Crippen LogP contribution in [0.4, 0.5) is 0 Å². The van der Waals surface area contributed by atoms with Crippen LogP contribution in [0.5, 0.6) is 5.75 Å². The summed E-state index contributed by atoms with van der Waals surface area (Å²) in [6.07, 6.45) is 6.67. The zero-order valence-corrected chi connectivity index (χ0v) is 12.2. The van der Waals surface area contributed by atoms with Gasteiger partial charge in [0.1, 0.15) is 12.4 Å². The third-order valence-corrected chi connectivity index (χ3v) is 3.26. The predicted octanol–water partition coefficient (Wildman–Crippen LogP) is 3.02. The first-order valence-corrected chi connectivity index (χ1v) is 7.21. The fourth-order valence-corrected chi connectivity index (χ4v) is 2.02. The molecule has 2 rings (SSSR count). The van der Waals surface area contributed by atoms with Crippen LogP contribution in [0.15, 0.2) is 43.0 Å². The number of rotatable bonds is 8. The standard InChI is InChI=1S/C16H23N3O/c1-3-8-18-14(2)15-4-6-16(7-5-15)20-12-11-19-10-9-17-13-19/h4-7,9-10,13-14,18H,3,8,11-12H2,1-2H3. The van der Waals surface area contributed by atoms with Crippen LogP contribution >= 0.6 is 0 Å². The second kappa shape index (κ2) is 7.70. The van der Waals surface area contributed by atoms with E-state index in [9.17, 15) is 0 Å². The van der Waals surface area contributed by atoms with E-state index in [2.05, 4.69) is 36.3 Å². The molecule has 0 fully saturated rings. The molecule has 1 heterocycles. The molecule has 1 aromatic heterocycles. The maximum absolute atomic E-state index is 5.73. The molecule has 1 aromatic carbocycles. The Morgan fingerprint density at radius 1 is 1.30 bits per heavy atom. The van der Waals surface area contributed by atoms with E-state index < -0.39 is 0 Å². The maximum Gasteiger partial charge on any atom is 0.119 e. The molecule has 1 unspecified atom stereocenters. The zero-order valence-electron chi connectivity index (χ0n) is 12.2. The van der Waals surface area contributed by atoms with Crippen molar-refractivity contribution in [3.63, 3.8) is 0 Å². The number of benzene rings is 1. The van der Waals surface area contributed by atoms with Crippen molar-refractivity contribution in [1.82, 2.24) is 14.9 Å². The fraction of sp³-hybridized carbons (Fsp3) is 0.438. The molecule has 1 atom stereocenters. The molecule has 0 spiro atoms. The van der Waals surface area contributed by atoms with Gasteiger partial charge >= 0.3 is 0 Å². The number of nitrogens with zero attached hydrogens (tertiary/aromatic N) is 2. The van der Waals surface area contributed by atoms with E-state index in [1.54, 1.807) is 12.5 Å². The van der Waals surface area contributed by atoms with Gasteiger partial charge in [0.25, 0.3) is 0 Å². The van der Waals surface area contributed by atoms with E-state index in [1.165, 1.54) is 5.56 Å². The Balaban J connectivity index is 1.79. The summed E-state index contributed by atoms with van der Waals surface area (Å²) in [6.45, 7) is 6.88. The predicted molar refractivity (Wildman–Crippen MR) is 80.9 cm³/mol. The molecule has 108 valence electrons. The first-order valence-electron chi connectivity index (χ1n) is 7.21. The Morgan fingerprint density at radius 3 is 2.75 bits per heavy atom. The van der Waals surface area contributed by atoms with Crippen LogP contribution in [0.3, 0.4) is 0 Å². The van der Waals surface area contributed by atoms with Crippen molar-refractivity contribution in [2.75, 3.05) is 13.2 Å². The van der Waals surface area contributed by atoms with E-state index >= 15 is 0 Å². The van der Waals surface area contributed by atoms with Gasteiger partial charge in [-0.05, 0) is 37.6 Å². The van der Waals surface area contributed by atoms with E-state index in [0.717, 1.165) is 25.3 Å². The minimum Gasteiger partial charge on any atom is -0.492 e. The van der Waals surface area contributed by atoms with Gasteiger partial charge in [-0.25, -0.2) is 4.98 Å². The Hall–Kier alpha value is -1.81. The molecule has 0 aliphatic heterocycles. The van der Waals surface area contributed by atoms with Crippen molar-refractivity contribution in [2.24, 2.45) is 0 Å². The van der Waals surface area contributed by atoms with Crippen LogP contribution in [-0.2, 0) is 6.54 Å². The van der Waals surface area contributed by atoms with E-state index in [1.807, 2.05) is 22.9 Å². The molecule has 0 bridgehead atoms. The monoisotopic (exact) mass is 273 g/mol. The normalized spacial score (nSPS) is 12.3. The van der Waals surface area contributed by atoms with Crippen molar-refractivity contribution in [3.05, 3.63) is 48.5 Å². The fourth-order valence-electron chi connectivity index (χ4n) is 2.02. The molecule has 0 amide bonds. The Morgan fingerprint density at radius 2 is 2.10 bits per heavy atom. The summed E-state index contributed by atoms with van der Waals surface area (Å²) < 4.78 is 7.73. The van der Waals surface area contributed by atoms with Gasteiger partial charge in [0.05, 0.1) is 12.9 Å². The number of ether oxygens (including phenoxy) is 1. The van der Waals surface area contributed by atoms with Crippen molar-refractivity contribution in [3.8, 4) is 5.75 Å². The van der Waals surface area contributed by atoms with Gasteiger partial charge in [0.15, 0.2) is 0 Å². The van der Waals surface area contributed by atoms with Crippen molar-refractivity contribution in [2.45, 2.75) is 32.9 Å². The highest BCUT2D eigenvalue weighted by Gasteiger charge is 2.04. The lowest BCUT2D eigenvalue weighted by Gasteiger charge is -2.14. The van der Waals surface area contributed by atoms with Crippen molar-refractivity contribution >= 4 is 0 Å². The largest absolute Gasteiger partial charge is 0.492 e. The summed E-state index contributed by atoms with van der Waals surface area (Å²) in [5, 5.41) is 3.48. The quantitative estimate of drug-likeness (QED) is 0.803. The lowest BCUT2D eigenvalue weighted by atomic mass is 10.1. The molecule has 4 heteroatoms. The molecule has 0 aliphatic carbocycles. The van der Waals surface area contributed by atoms with E-state index in [0.29, 0.717) is 12.6 Å². The zero-order chi connectivity index (χ0) is 14.2. The van der Waals surface area contributed by atoms with Crippen molar-refractivity contribution < 1.29 is 4.74 Å². The summed E-state index contributed by atoms with van der Waals surface area (Å²) in [5.41, 5.74) is 1.29. The Labute approximate surface area is 120 Å². The highest BCUT2D eigenvalue weighted by molar-refractivity contribution is 5.28. The molecule has 2 aromatic rings. The second-order valence-electron chi connectivity index (χ2n) is 4.89. The average molecular weight is 273 g/mol. The first kappa shape index (κ1) is 14.6. The molecule has 0 saturated heterocycles. The van der Waals surface area contributed by atoms with Crippen LogP contribution in [-0.4, -0.2) is 22.7 Å². The lowest BCUT2D eigenvalue weighted by Crippen LogP contribution is -2.19. The molecule has 1 N–H and O–H groups in total. The van der Waals surface area contributed by atoms with Crippen LogP contribution in [0.1, 0.15) is 31.9 Å². The van der Waals surface area contributed by atoms with Crippen LogP contribution in [0, 0.1) is 0 Å². The van der Waals surface area contributed by atoms with Gasteiger partial charge in [-0.2, -0.15) is 0 Å². The van der Waals surface area contributed by atoms with Gasteiger partial charge in [0.2, 0.25) is 0 Å². The van der Waals surface area contributed by atoms with Gasteiger partial charge in [0, 0.05) is 18.4 Å². The van der Waals surface area contributed by atoms with Crippen LogP contribution < -0.4 is 10.1 Å². The third-order valence-electron chi connectivity index (χ3n) is 3.26. The third kappa shape index (κ3) is 4.38. The number of nitrogens with one attached hydrogen (secondary N) is 1. The van der Waals surface area contributed by atoms with Crippen molar-refractivity contribution in [1.29, 1.82) is 0 Å². The van der Waals surface area contributed by atoms with E-state index in [-0.39, 0.29) is 0 Å². The summed E-state index contributed by atoms with van der Waals surface area (Å²) in [6, 6.07) is 8.70. The minimum absolute atomic E-state index is 0.384. The maximum atomic E-state index is 5.73. The highest BCUT2D eigenvalue weighted by Crippen LogP contribution is 2.17. The number of hydrogen-bond donors (Lipinski definition) is 1. The lowest BCUT2D eigenvalue weighted by molar-refractivity contribution is 0.298. The minimum atomic E-state index is 0.384. The highest BCUT2D eigenvalue weighted by atomic mass is 16.5. The van der Waals surface area contributed by atoms with Gasteiger partial charge in [-0.1, -0.05) is 19.1 Å². The summed E-state index contributed by atoms with van der Waals surface area (Å²) in [4.78, 5) is 4.00. The first-order chi connectivity index (χ1) is 9.79. The molecular formula is C16H23N3O. The second-order valence-corrected chi connectivity index (χ2v) is 4.89. The average Bonchev–Trinajstić information content (AvgIpc) is 2.99. The molecule has 0 saturated carbocycles. The Kier molecular flexibility index (Phi) is 5.62. The summed E-state index contributed by atoms with van der Waals surface area (Å²) in [7, 11) is 0. The Bertz CT molecular complexity index is 479. The van der Waals surface area contributed by atoms with Gasteiger partial charge in [-0.15, -0.1) is 0 Å². The van der Waals surface area contributed by atoms with Crippen LogP contribution in [0.25, 0.3) is 0 Å². The SMILES string of the molecule is CCCNC(C)c1ccc(OCCn2ccnc2)cc1. The molecular weight excluding hydrogens is 250 g/mol. The number of imidazole rings is 1. The molecule has 4 nitrogen and oxygen atoms in total.